The first-order chi connectivity index (χ1) is 21.1. The standard InChI is InChI=1S/C33H34N8.C2H6/c34-23-40-20-16-33(22-40)14-18-39(19-15-33)21-24-8-10-26(11-9-24)41-31(27-7-4-17-36-30(27)35)38-29-13-12-28(37-32(29)41)25-5-2-1-3-6-25;1-2/h1-12,17,29H,13-16,18-22H2,(H2,35,36);1-2H3. The molecule has 2 fully saturated rings. The zero-order valence-corrected chi connectivity index (χ0v) is 25.2. The lowest BCUT2D eigenvalue weighted by Gasteiger charge is -2.39. The lowest BCUT2D eigenvalue weighted by Crippen LogP contribution is -2.40. The number of fused-ring (bicyclic) bond motifs is 1. The zero-order valence-electron chi connectivity index (χ0n) is 25.2. The predicted octanol–water partition coefficient (Wildman–Crippen LogP) is 5.94. The number of likely N-dealkylation sites (tertiary alicyclic amines) is 2. The Bertz CT molecular complexity index is 1560. The number of benzene rings is 2. The van der Waals surface area contributed by atoms with Crippen LogP contribution in [0.1, 0.15) is 56.2 Å². The van der Waals surface area contributed by atoms with Crippen LogP contribution >= 0.6 is 0 Å². The molecule has 220 valence electrons. The third-order valence-electron chi connectivity index (χ3n) is 9.03. The van der Waals surface area contributed by atoms with Gasteiger partial charge >= 0.3 is 0 Å². The summed E-state index contributed by atoms with van der Waals surface area (Å²) in [6.07, 6.45) is 10.5. The molecule has 8 nitrogen and oxygen atoms in total. The van der Waals surface area contributed by atoms with Gasteiger partial charge in [-0.25, -0.2) is 9.98 Å². The molecular formula is C35H40N8. The number of pyridine rings is 1. The Morgan fingerprint density at radius 1 is 0.953 bits per heavy atom. The van der Waals surface area contributed by atoms with Crippen molar-refractivity contribution < 1.29 is 0 Å². The lowest BCUT2D eigenvalue weighted by molar-refractivity contribution is 0.108. The van der Waals surface area contributed by atoms with Gasteiger partial charge in [0.15, 0.2) is 6.19 Å². The molecule has 1 spiro atoms. The molecule has 4 aliphatic heterocycles. The van der Waals surface area contributed by atoms with Crippen LogP contribution in [0.4, 0.5) is 11.5 Å². The molecule has 43 heavy (non-hydrogen) atoms. The van der Waals surface area contributed by atoms with Gasteiger partial charge < -0.3 is 10.6 Å². The summed E-state index contributed by atoms with van der Waals surface area (Å²) in [6, 6.07) is 22.9. The minimum Gasteiger partial charge on any atom is -0.383 e. The van der Waals surface area contributed by atoms with Gasteiger partial charge in [0.05, 0.1) is 11.3 Å². The smallest absolute Gasteiger partial charge is 0.179 e. The van der Waals surface area contributed by atoms with Gasteiger partial charge in [0.1, 0.15) is 23.5 Å². The van der Waals surface area contributed by atoms with Gasteiger partial charge in [-0.15, -0.1) is 0 Å². The third kappa shape index (κ3) is 5.78. The van der Waals surface area contributed by atoms with Crippen LogP contribution < -0.4 is 10.6 Å². The van der Waals surface area contributed by atoms with Gasteiger partial charge in [-0.1, -0.05) is 62.4 Å². The molecule has 7 rings (SSSR count). The van der Waals surface area contributed by atoms with E-state index in [1.54, 1.807) is 6.20 Å². The Morgan fingerprint density at radius 2 is 1.70 bits per heavy atom. The van der Waals surface area contributed by atoms with Crippen LogP contribution in [0, 0.1) is 16.9 Å². The van der Waals surface area contributed by atoms with Crippen molar-refractivity contribution in [2.24, 2.45) is 15.4 Å². The molecule has 3 aromatic rings. The second-order valence-electron chi connectivity index (χ2n) is 11.6. The van der Waals surface area contributed by atoms with Crippen LogP contribution in [0.3, 0.4) is 0 Å². The molecule has 1 unspecified atom stereocenters. The fourth-order valence-electron chi connectivity index (χ4n) is 6.66. The number of nitriles is 1. The largest absolute Gasteiger partial charge is 0.383 e. The lowest BCUT2D eigenvalue weighted by atomic mass is 9.78. The quantitative estimate of drug-likeness (QED) is 0.380. The molecule has 2 N–H and O–H groups in total. The van der Waals surface area contributed by atoms with E-state index in [1.165, 1.54) is 18.4 Å². The van der Waals surface area contributed by atoms with Crippen molar-refractivity contribution in [2.75, 3.05) is 36.8 Å². The maximum atomic E-state index is 9.29. The highest BCUT2D eigenvalue weighted by molar-refractivity contribution is 6.31. The number of nitrogens with two attached hydrogens (primary N) is 1. The average molecular weight is 573 g/mol. The van der Waals surface area contributed by atoms with Gasteiger partial charge in [0.25, 0.3) is 0 Å². The van der Waals surface area contributed by atoms with Crippen molar-refractivity contribution in [2.45, 2.75) is 52.1 Å². The molecular weight excluding hydrogens is 532 g/mol. The number of piperidine rings is 1. The topological polar surface area (TPSA) is 97.1 Å². The maximum absolute atomic E-state index is 9.29. The van der Waals surface area contributed by atoms with Gasteiger partial charge in [0, 0.05) is 31.5 Å². The van der Waals surface area contributed by atoms with Gasteiger partial charge in [-0.05, 0) is 79.6 Å². The summed E-state index contributed by atoms with van der Waals surface area (Å²) in [5.41, 5.74) is 11.9. The first-order valence-electron chi connectivity index (χ1n) is 15.5. The second kappa shape index (κ2) is 12.4. The van der Waals surface area contributed by atoms with E-state index in [0.717, 1.165) is 79.7 Å². The third-order valence-corrected chi connectivity index (χ3v) is 9.03. The van der Waals surface area contributed by atoms with E-state index in [2.05, 4.69) is 63.5 Å². The van der Waals surface area contributed by atoms with Crippen LogP contribution in [-0.2, 0) is 6.54 Å². The van der Waals surface area contributed by atoms with Crippen molar-refractivity contribution in [3.05, 3.63) is 95.7 Å². The Hall–Kier alpha value is -4.48. The molecule has 1 atom stereocenters. The highest BCUT2D eigenvalue weighted by atomic mass is 15.3. The molecule has 0 aliphatic carbocycles. The minimum absolute atomic E-state index is 0.0649. The molecule has 0 bridgehead atoms. The number of aromatic nitrogens is 1. The first-order valence-corrected chi connectivity index (χ1v) is 15.5. The Balaban J connectivity index is 0.00000161. The maximum Gasteiger partial charge on any atom is 0.179 e. The number of nitrogens with zero attached hydrogens (tertiary/aromatic N) is 7. The van der Waals surface area contributed by atoms with Crippen molar-refractivity contribution in [3.63, 3.8) is 0 Å². The molecule has 0 radical (unpaired) electrons. The fraction of sp³-hybridized carbons (Fsp3) is 0.371. The summed E-state index contributed by atoms with van der Waals surface area (Å²) >= 11 is 0. The Labute approximate surface area is 254 Å². The molecule has 5 heterocycles. The molecule has 2 saturated heterocycles. The average Bonchev–Trinajstić information content (AvgIpc) is 3.65. The van der Waals surface area contributed by atoms with Crippen LogP contribution in [0.25, 0.3) is 5.70 Å². The van der Waals surface area contributed by atoms with E-state index in [-0.39, 0.29) is 6.04 Å². The summed E-state index contributed by atoms with van der Waals surface area (Å²) in [4.78, 5) is 21.2. The SMILES string of the molecule is CC.N#CN1CCC2(CCN(Cc3ccc(N4C(c5cccnc5N)=NC5CC=C(c6ccccc6)N=C54)cc3)CC2)C1. The summed E-state index contributed by atoms with van der Waals surface area (Å²) < 4.78 is 0. The van der Waals surface area contributed by atoms with Crippen LogP contribution in [0.2, 0.25) is 0 Å². The second-order valence-corrected chi connectivity index (χ2v) is 11.6. The number of anilines is 2. The molecule has 0 amide bonds. The summed E-state index contributed by atoms with van der Waals surface area (Å²) in [7, 11) is 0. The summed E-state index contributed by atoms with van der Waals surface area (Å²) in [5.74, 6) is 2.17. The van der Waals surface area contributed by atoms with Crippen LogP contribution in [-0.4, -0.2) is 58.7 Å². The first kappa shape index (κ1) is 28.6. The van der Waals surface area contributed by atoms with Crippen LogP contribution in [0.15, 0.2) is 89.0 Å². The predicted molar refractivity (Wildman–Crippen MR) is 174 cm³/mol. The number of hydrogen-bond acceptors (Lipinski definition) is 8. The molecule has 1 aromatic heterocycles. The van der Waals surface area contributed by atoms with Gasteiger partial charge in [-0.3, -0.25) is 14.8 Å². The monoisotopic (exact) mass is 572 g/mol. The molecule has 4 aliphatic rings. The van der Waals surface area contributed by atoms with E-state index in [4.69, 9.17) is 15.7 Å². The zero-order chi connectivity index (χ0) is 29.8. The van der Waals surface area contributed by atoms with Crippen molar-refractivity contribution >= 4 is 28.9 Å². The van der Waals surface area contributed by atoms with E-state index in [1.807, 2.05) is 49.1 Å². The fourth-order valence-corrected chi connectivity index (χ4v) is 6.66. The summed E-state index contributed by atoms with van der Waals surface area (Å²) in [5, 5.41) is 9.29. The Kier molecular flexibility index (Phi) is 8.26. The van der Waals surface area contributed by atoms with Crippen molar-refractivity contribution in [1.82, 2.24) is 14.8 Å². The van der Waals surface area contributed by atoms with Crippen LogP contribution in [0.5, 0.6) is 0 Å². The summed E-state index contributed by atoms with van der Waals surface area (Å²) in [6.45, 7) is 8.94. The molecule has 8 heteroatoms. The van der Waals surface area contributed by atoms with E-state index >= 15 is 0 Å². The van der Waals surface area contributed by atoms with Crippen molar-refractivity contribution in [1.29, 1.82) is 5.26 Å². The number of rotatable bonds is 5. The number of amidine groups is 2. The highest BCUT2D eigenvalue weighted by Gasteiger charge is 2.40. The molecule has 0 saturated carbocycles. The normalized spacial score (nSPS) is 20.9. The van der Waals surface area contributed by atoms with Crippen molar-refractivity contribution in [3.8, 4) is 6.19 Å². The van der Waals surface area contributed by atoms with Gasteiger partial charge in [0.2, 0.25) is 0 Å². The number of hydrogen-bond donors (Lipinski definition) is 1. The van der Waals surface area contributed by atoms with Gasteiger partial charge in [-0.2, -0.15) is 5.26 Å². The Morgan fingerprint density at radius 3 is 2.40 bits per heavy atom. The van der Waals surface area contributed by atoms with E-state index in [9.17, 15) is 5.26 Å². The van der Waals surface area contributed by atoms with E-state index in [0.29, 0.717) is 11.2 Å². The number of nitrogen functional groups attached to an aromatic ring is 1. The highest BCUT2D eigenvalue weighted by Crippen LogP contribution is 2.40. The minimum atomic E-state index is -0.0649. The number of aliphatic imine (C=N–C) groups is 2. The van der Waals surface area contributed by atoms with E-state index < -0.39 is 0 Å². The molecule has 2 aromatic carbocycles.